The van der Waals surface area contributed by atoms with Crippen LogP contribution in [0.25, 0.3) is 11.1 Å². The van der Waals surface area contributed by atoms with Crippen LogP contribution in [0, 0.1) is 17.6 Å². The van der Waals surface area contributed by atoms with E-state index in [-0.39, 0.29) is 30.8 Å². The standard InChI is InChI=1S/C36H40F3N3O7/c1-34(2,3)48-32(43)41-31-42(33(44)49-35(4,5)6)36(20-37,28-15-30(28)47-31)27-14-26(22-12-24(38)17-40-16-22)23(13-29(27)39)19-46-18-21-8-10-25(45-7)11-9-21/h8-14,16-17,28,30H,15,18-20H2,1-7H3/b41-31-. The van der Waals surface area contributed by atoms with Gasteiger partial charge in [-0.05, 0) is 95.0 Å². The molecule has 3 aromatic rings. The number of halogens is 3. The number of rotatable bonds is 8. The maximum atomic E-state index is 16.6. The molecule has 2 aromatic carbocycles. The Balaban J connectivity index is 1.62. The number of aliphatic imine (C=N–C) groups is 1. The molecule has 1 aliphatic carbocycles. The summed E-state index contributed by atoms with van der Waals surface area (Å²) in [5, 5.41) is 0. The molecule has 1 aliphatic heterocycles. The highest BCUT2D eigenvalue weighted by Crippen LogP contribution is 2.56. The molecule has 262 valence electrons. The van der Waals surface area contributed by atoms with Gasteiger partial charge in [0, 0.05) is 23.2 Å². The van der Waals surface area contributed by atoms with Gasteiger partial charge in [-0.1, -0.05) is 12.1 Å². The van der Waals surface area contributed by atoms with Crippen molar-refractivity contribution in [3.05, 3.63) is 83.2 Å². The Morgan fingerprint density at radius 2 is 1.69 bits per heavy atom. The second-order valence-electron chi connectivity index (χ2n) is 14.0. The summed E-state index contributed by atoms with van der Waals surface area (Å²) in [7, 11) is 1.56. The molecule has 49 heavy (non-hydrogen) atoms. The molecular weight excluding hydrogens is 643 g/mol. The van der Waals surface area contributed by atoms with Crippen molar-refractivity contribution in [3.8, 4) is 16.9 Å². The van der Waals surface area contributed by atoms with Gasteiger partial charge in [0.1, 0.15) is 46.9 Å². The number of fused-ring (bicyclic) bond motifs is 1. The molecule has 1 saturated heterocycles. The zero-order valence-electron chi connectivity index (χ0n) is 28.5. The van der Waals surface area contributed by atoms with Crippen molar-refractivity contribution in [2.24, 2.45) is 10.9 Å². The van der Waals surface area contributed by atoms with Gasteiger partial charge in [0.15, 0.2) is 0 Å². The van der Waals surface area contributed by atoms with E-state index >= 15 is 8.78 Å². The number of alkyl halides is 1. The summed E-state index contributed by atoms with van der Waals surface area (Å²) in [5.74, 6) is -1.58. The number of aromatic nitrogens is 1. The van der Waals surface area contributed by atoms with Gasteiger partial charge in [0.05, 0.1) is 26.5 Å². The maximum absolute atomic E-state index is 16.6. The van der Waals surface area contributed by atoms with E-state index in [9.17, 15) is 14.0 Å². The molecule has 2 fully saturated rings. The Hall–Kier alpha value is -4.65. The van der Waals surface area contributed by atoms with Gasteiger partial charge in [-0.3, -0.25) is 4.98 Å². The van der Waals surface area contributed by atoms with Crippen molar-refractivity contribution in [1.82, 2.24) is 9.88 Å². The average Bonchev–Trinajstić information content (AvgIpc) is 3.79. The van der Waals surface area contributed by atoms with Crippen LogP contribution in [-0.4, -0.2) is 59.2 Å². The highest BCUT2D eigenvalue weighted by molar-refractivity contribution is 5.98. The zero-order valence-corrected chi connectivity index (χ0v) is 28.5. The van der Waals surface area contributed by atoms with Gasteiger partial charge in [0.2, 0.25) is 0 Å². The zero-order chi connectivity index (χ0) is 35.7. The monoisotopic (exact) mass is 683 g/mol. The Morgan fingerprint density at radius 1 is 1.00 bits per heavy atom. The second-order valence-corrected chi connectivity index (χ2v) is 14.0. The lowest BCUT2D eigenvalue weighted by Gasteiger charge is -2.45. The molecule has 3 unspecified atom stereocenters. The largest absolute Gasteiger partial charge is 0.497 e. The SMILES string of the molecule is COc1ccc(COCc2cc(F)c(C3(CF)C4CC4O/C(=N\C(=O)OC(C)(C)C)N3C(=O)OC(C)(C)C)cc2-c2cncc(F)c2)cc1. The molecule has 2 heterocycles. The van der Waals surface area contributed by atoms with Crippen molar-refractivity contribution in [3.63, 3.8) is 0 Å². The van der Waals surface area contributed by atoms with Crippen LogP contribution in [-0.2, 0) is 37.7 Å². The van der Waals surface area contributed by atoms with E-state index < -0.39 is 65.3 Å². The van der Waals surface area contributed by atoms with Crippen LogP contribution in [0.2, 0.25) is 0 Å². The fraction of sp³-hybridized carbons (Fsp3) is 0.444. The van der Waals surface area contributed by atoms with Crippen molar-refractivity contribution in [2.75, 3.05) is 13.8 Å². The molecule has 0 spiro atoms. The van der Waals surface area contributed by atoms with Crippen LogP contribution in [0.5, 0.6) is 5.75 Å². The summed E-state index contributed by atoms with van der Waals surface area (Å²) in [5.41, 5.74) is -2.61. The Kier molecular flexibility index (Phi) is 9.96. The minimum absolute atomic E-state index is 0.103. The number of pyridine rings is 1. The highest BCUT2D eigenvalue weighted by Gasteiger charge is 2.67. The minimum Gasteiger partial charge on any atom is -0.497 e. The number of amidine groups is 1. The second kappa shape index (κ2) is 13.7. The number of hydrogen-bond acceptors (Lipinski definition) is 8. The molecule has 13 heteroatoms. The van der Waals surface area contributed by atoms with Gasteiger partial charge in [0.25, 0.3) is 0 Å². The van der Waals surface area contributed by atoms with E-state index in [0.29, 0.717) is 16.9 Å². The third-order valence-electron chi connectivity index (χ3n) is 7.91. The third-order valence-corrected chi connectivity index (χ3v) is 7.91. The van der Waals surface area contributed by atoms with E-state index in [1.807, 2.05) is 12.1 Å². The van der Waals surface area contributed by atoms with E-state index in [2.05, 4.69) is 9.98 Å². The molecule has 1 aromatic heterocycles. The molecule has 3 atom stereocenters. The average molecular weight is 684 g/mol. The molecule has 0 radical (unpaired) electrons. The first-order valence-corrected chi connectivity index (χ1v) is 15.8. The smallest absolute Gasteiger partial charge is 0.438 e. The van der Waals surface area contributed by atoms with Crippen LogP contribution >= 0.6 is 0 Å². The first kappa shape index (κ1) is 35.7. The highest BCUT2D eigenvalue weighted by atomic mass is 19.1. The molecular formula is C36H40F3N3O7. The number of amides is 2. The van der Waals surface area contributed by atoms with Crippen LogP contribution in [0.1, 0.15) is 64.7 Å². The van der Waals surface area contributed by atoms with E-state index in [4.69, 9.17) is 23.7 Å². The summed E-state index contributed by atoms with van der Waals surface area (Å²) in [6.07, 6.45) is -0.271. The number of carbonyl (C=O) groups excluding carboxylic acids is 2. The van der Waals surface area contributed by atoms with Gasteiger partial charge < -0.3 is 23.7 Å². The normalized spacial score (nSPS) is 21.1. The first-order valence-electron chi connectivity index (χ1n) is 15.8. The molecule has 0 N–H and O–H groups in total. The predicted molar refractivity (Wildman–Crippen MR) is 173 cm³/mol. The quantitative estimate of drug-likeness (QED) is 0.236. The van der Waals surface area contributed by atoms with E-state index in [1.54, 1.807) is 60.8 Å². The Morgan fingerprint density at radius 3 is 2.31 bits per heavy atom. The van der Waals surface area contributed by atoms with Crippen molar-refractivity contribution >= 4 is 18.2 Å². The minimum atomic E-state index is -2.06. The summed E-state index contributed by atoms with van der Waals surface area (Å²) in [6.45, 7) is 8.46. The molecule has 10 nitrogen and oxygen atoms in total. The third kappa shape index (κ3) is 7.98. The number of ether oxygens (including phenoxy) is 5. The first-order chi connectivity index (χ1) is 23.0. The van der Waals surface area contributed by atoms with Crippen LogP contribution in [0.15, 0.2) is 59.9 Å². The number of methoxy groups -OCH3 is 1. The van der Waals surface area contributed by atoms with E-state index in [1.165, 1.54) is 24.4 Å². The van der Waals surface area contributed by atoms with Crippen molar-refractivity contribution in [1.29, 1.82) is 0 Å². The van der Waals surface area contributed by atoms with E-state index in [0.717, 1.165) is 16.7 Å². The summed E-state index contributed by atoms with van der Waals surface area (Å²) < 4.78 is 74.9. The Bertz CT molecular complexity index is 1740. The number of carbonyl (C=O) groups is 2. The number of benzene rings is 2. The molecule has 2 aliphatic rings. The maximum Gasteiger partial charge on any atom is 0.438 e. The topological polar surface area (TPSA) is 109 Å². The summed E-state index contributed by atoms with van der Waals surface area (Å²) >= 11 is 0. The van der Waals surface area contributed by atoms with Crippen LogP contribution in [0.4, 0.5) is 22.8 Å². The van der Waals surface area contributed by atoms with Gasteiger partial charge in [-0.25, -0.2) is 27.7 Å². The predicted octanol–water partition coefficient (Wildman–Crippen LogP) is 7.86. The van der Waals surface area contributed by atoms with Gasteiger partial charge in [-0.15, -0.1) is 4.99 Å². The summed E-state index contributed by atoms with van der Waals surface area (Å²) in [6, 6.07) is 10.4. The lowest BCUT2D eigenvalue weighted by molar-refractivity contribution is -0.0218. The van der Waals surface area contributed by atoms with Gasteiger partial charge >= 0.3 is 18.2 Å². The number of hydrogen-bond donors (Lipinski definition) is 0. The fourth-order valence-corrected chi connectivity index (χ4v) is 5.76. The lowest BCUT2D eigenvalue weighted by atomic mass is 9.81. The van der Waals surface area contributed by atoms with Crippen molar-refractivity contribution < 1.29 is 46.4 Å². The molecule has 5 rings (SSSR count). The van der Waals surface area contributed by atoms with Crippen molar-refractivity contribution in [2.45, 2.75) is 84.0 Å². The molecule has 2 amide bonds. The fourth-order valence-electron chi connectivity index (χ4n) is 5.76. The number of nitrogens with zero attached hydrogens (tertiary/aromatic N) is 3. The Labute approximate surface area is 283 Å². The summed E-state index contributed by atoms with van der Waals surface area (Å²) in [4.78, 5) is 35.4. The molecule has 1 saturated carbocycles. The van der Waals surface area contributed by atoms with Gasteiger partial charge in [-0.2, -0.15) is 0 Å². The van der Waals surface area contributed by atoms with Crippen LogP contribution < -0.4 is 4.74 Å². The van der Waals surface area contributed by atoms with Crippen LogP contribution in [0.3, 0.4) is 0 Å². The molecule has 0 bridgehead atoms. The lowest BCUT2D eigenvalue weighted by Crippen LogP contribution is -2.61.